The standard InChI is InChI=1S/C31H39N3O3/c1-5-20-36-27-14-12-24(13-15-27)21-33(6-2)26-17-19-34(22-26)30-29(31(35)37-23(3)4)28(16-18-32-30)25-10-8-7-9-11-25/h7-16,18,23,26H,5-6,17,19-22H2,1-4H3. The van der Waals surface area contributed by atoms with Crippen molar-refractivity contribution >= 4 is 11.8 Å². The maximum Gasteiger partial charge on any atom is 0.342 e. The molecule has 0 aliphatic carbocycles. The van der Waals surface area contributed by atoms with E-state index >= 15 is 0 Å². The molecule has 1 unspecified atom stereocenters. The molecule has 196 valence electrons. The van der Waals surface area contributed by atoms with Gasteiger partial charge >= 0.3 is 5.97 Å². The lowest BCUT2D eigenvalue weighted by Crippen LogP contribution is -2.37. The molecule has 0 N–H and O–H groups in total. The lowest BCUT2D eigenvalue weighted by atomic mass is 10.0. The predicted molar refractivity (Wildman–Crippen MR) is 149 cm³/mol. The van der Waals surface area contributed by atoms with Gasteiger partial charge in [0.15, 0.2) is 0 Å². The molecule has 37 heavy (non-hydrogen) atoms. The van der Waals surface area contributed by atoms with Gasteiger partial charge in [-0.2, -0.15) is 0 Å². The zero-order valence-corrected chi connectivity index (χ0v) is 22.5. The number of carbonyl (C=O) groups is 1. The molecule has 1 atom stereocenters. The monoisotopic (exact) mass is 501 g/mol. The zero-order valence-electron chi connectivity index (χ0n) is 22.5. The quantitative estimate of drug-likeness (QED) is 0.292. The van der Waals surface area contributed by atoms with Crippen molar-refractivity contribution in [3.05, 3.63) is 78.0 Å². The summed E-state index contributed by atoms with van der Waals surface area (Å²) in [5.74, 6) is 1.31. The van der Waals surface area contributed by atoms with Crippen LogP contribution in [0, 0.1) is 0 Å². The number of carbonyl (C=O) groups excluding carboxylic acids is 1. The fourth-order valence-corrected chi connectivity index (χ4v) is 4.90. The second-order valence-corrected chi connectivity index (χ2v) is 9.82. The molecule has 0 spiro atoms. The molecule has 0 saturated carbocycles. The van der Waals surface area contributed by atoms with E-state index in [1.807, 2.05) is 50.2 Å². The largest absolute Gasteiger partial charge is 0.494 e. The lowest BCUT2D eigenvalue weighted by molar-refractivity contribution is 0.0379. The highest BCUT2D eigenvalue weighted by atomic mass is 16.5. The van der Waals surface area contributed by atoms with Crippen molar-refractivity contribution in [2.24, 2.45) is 0 Å². The number of aromatic nitrogens is 1. The number of hydrogen-bond acceptors (Lipinski definition) is 6. The first-order valence-corrected chi connectivity index (χ1v) is 13.5. The number of anilines is 1. The molecule has 6 nitrogen and oxygen atoms in total. The van der Waals surface area contributed by atoms with E-state index < -0.39 is 0 Å². The molecule has 1 aliphatic rings. The smallest absolute Gasteiger partial charge is 0.342 e. The van der Waals surface area contributed by atoms with Gasteiger partial charge in [-0.05, 0) is 62.6 Å². The van der Waals surface area contributed by atoms with Gasteiger partial charge < -0.3 is 14.4 Å². The minimum atomic E-state index is -0.321. The van der Waals surface area contributed by atoms with Gasteiger partial charge in [-0.15, -0.1) is 0 Å². The van der Waals surface area contributed by atoms with Crippen LogP contribution in [-0.2, 0) is 11.3 Å². The maximum atomic E-state index is 13.3. The fourth-order valence-electron chi connectivity index (χ4n) is 4.90. The van der Waals surface area contributed by atoms with Crippen LogP contribution in [0.2, 0.25) is 0 Å². The van der Waals surface area contributed by atoms with Crippen molar-refractivity contribution in [2.75, 3.05) is 31.1 Å². The summed E-state index contributed by atoms with van der Waals surface area (Å²) in [6.45, 7) is 12.3. The van der Waals surface area contributed by atoms with Crippen molar-refractivity contribution in [3.63, 3.8) is 0 Å². The van der Waals surface area contributed by atoms with Gasteiger partial charge in [-0.25, -0.2) is 9.78 Å². The third-order valence-electron chi connectivity index (χ3n) is 6.73. The minimum Gasteiger partial charge on any atom is -0.494 e. The van der Waals surface area contributed by atoms with Gasteiger partial charge in [-0.3, -0.25) is 4.90 Å². The molecular formula is C31H39N3O3. The van der Waals surface area contributed by atoms with E-state index in [0.29, 0.717) is 17.4 Å². The van der Waals surface area contributed by atoms with Gasteiger partial charge in [0.2, 0.25) is 0 Å². The van der Waals surface area contributed by atoms with Crippen molar-refractivity contribution in [3.8, 4) is 16.9 Å². The molecule has 0 radical (unpaired) electrons. The highest BCUT2D eigenvalue weighted by molar-refractivity contribution is 6.02. The molecule has 1 saturated heterocycles. The summed E-state index contributed by atoms with van der Waals surface area (Å²) < 4.78 is 11.4. The summed E-state index contributed by atoms with van der Waals surface area (Å²) >= 11 is 0. The van der Waals surface area contributed by atoms with Gasteiger partial charge in [-0.1, -0.05) is 56.3 Å². The Labute approximate surface area is 221 Å². The summed E-state index contributed by atoms with van der Waals surface area (Å²) in [4.78, 5) is 22.8. The third-order valence-corrected chi connectivity index (χ3v) is 6.73. The summed E-state index contributed by atoms with van der Waals surface area (Å²) in [5.41, 5.74) is 3.67. The van der Waals surface area contributed by atoms with E-state index in [2.05, 4.69) is 47.9 Å². The Hall–Kier alpha value is -3.38. The minimum absolute atomic E-state index is 0.204. The van der Waals surface area contributed by atoms with Crippen LogP contribution in [0.25, 0.3) is 11.1 Å². The Balaban J connectivity index is 1.54. The van der Waals surface area contributed by atoms with E-state index in [4.69, 9.17) is 14.5 Å². The number of pyridine rings is 1. The van der Waals surface area contributed by atoms with E-state index in [1.54, 1.807) is 6.20 Å². The molecule has 1 aromatic heterocycles. The molecule has 2 heterocycles. The number of rotatable bonds is 11. The van der Waals surface area contributed by atoms with E-state index in [1.165, 1.54) is 5.56 Å². The highest BCUT2D eigenvalue weighted by Crippen LogP contribution is 2.33. The predicted octanol–water partition coefficient (Wildman–Crippen LogP) is 6.20. The van der Waals surface area contributed by atoms with Crippen LogP contribution in [0.5, 0.6) is 5.75 Å². The number of likely N-dealkylation sites (N-methyl/N-ethyl adjacent to an activating group) is 1. The Morgan fingerprint density at radius 2 is 1.84 bits per heavy atom. The van der Waals surface area contributed by atoms with Crippen LogP contribution in [0.3, 0.4) is 0 Å². The summed E-state index contributed by atoms with van der Waals surface area (Å²) in [6, 6.07) is 20.7. The van der Waals surface area contributed by atoms with Crippen LogP contribution in [0.1, 0.15) is 56.5 Å². The van der Waals surface area contributed by atoms with Gasteiger partial charge in [0.05, 0.1) is 12.7 Å². The molecule has 6 heteroatoms. The Kier molecular flexibility index (Phi) is 9.18. The first kappa shape index (κ1) is 26.7. The number of ether oxygens (including phenoxy) is 2. The van der Waals surface area contributed by atoms with Gasteiger partial charge in [0, 0.05) is 37.4 Å². The molecule has 2 aromatic carbocycles. The summed E-state index contributed by atoms with van der Waals surface area (Å²) in [6.07, 6.45) is 3.62. The van der Waals surface area contributed by atoms with Crippen LogP contribution in [-0.4, -0.2) is 54.2 Å². The molecule has 1 fully saturated rings. The Morgan fingerprint density at radius 3 is 2.51 bits per heavy atom. The van der Waals surface area contributed by atoms with Gasteiger partial charge in [0.25, 0.3) is 0 Å². The highest BCUT2D eigenvalue weighted by Gasteiger charge is 2.32. The molecular weight excluding hydrogens is 462 g/mol. The van der Waals surface area contributed by atoms with E-state index in [0.717, 1.165) is 62.5 Å². The SMILES string of the molecule is CCCOc1ccc(CN(CC)C2CCN(c3nccc(-c4ccccc4)c3C(=O)OC(C)C)C2)cc1. The normalized spacial score (nSPS) is 15.4. The average molecular weight is 502 g/mol. The first-order valence-electron chi connectivity index (χ1n) is 13.5. The van der Waals surface area contributed by atoms with Crippen molar-refractivity contribution in [1.29, 1.82) is 0 Å². The zero-order chi connectivity index (χ0) is 26.2. The van der Waals surface area contributed by atoms with Gasteiger partial charge in [0.1, 0.15) is 17.1 Å². The van der Waals surface area contributed by atoms with Crippen LogP contribution in [0.15, 0.2) is 66.9 Å². The summed E-state index contributed by atoms with van der Waals surface area (Å²) in [7, 11) is 0. The number of benzene rings is 2. The Bertz CT molecular complexity index is 1150. The van der Waals surface area contributed by atoms with Crippen LogP contribution < -0.4 is 9.64 Å². The van der Waals surface area contributed by atoms with Crippen LogP contribution >= 0.6 is 0 Å². The molecule has 0 amide bonds. The summed E-state index contributed by atoms with van der Waals surface area (Å²) in [5, 5.41) is 0. The number of nitrogens with zero attached hydrogens (tertiary/aromatic N) is 3. The molecule has 4 rings (SSSR count). The van der Waals surface area contributed by atoms with Crippen molar-refractivity contribution in [2.45, 2.75) is 59.2 Å². The topological polar surface area (TPSA) is 54.9 Å². The van der Waals surface area contributed by atoms with E-state index in [9.17, 15) is 4.79 Å². The average Bonchev–Trinajstić information content (AvgIpc) is 3.41. The molecule has 3 aromatic rings. The first-order chi connectivity index (χ1) is 18.0. The van der Waals surface area contributed by atoms with Crippen LogP contribution in [0.4, 0.5) is 5.82 Å². The van der Waals surface area contributed by atoms with E-state index in [-0.39, 0.29) is 12.1 Å². The maximum absolute atomic E-state index is 13.3. The third kappa shape index (κ3) is 6.69. The lowest BCUT2D eigenvalue weighted by Gasteiger charge is -2.28. The second kappa shape index (κ2) is 12.7. The van der Waals surface area contributed by atoms with Crippen molar-refractivity contribution < 1.29 is 14.3 Å². The Morgan fingerprint density at radius 1 is 1.08 bits per heavy atom. The van der Waals surface area contributed by atoms with Crippen molar-refractivity contribution in [1.82, 2.24) is 9.88 Å². The fraction of sp³-hybridized carbons (Fsp3) is 0.419. The number of esters is 1. The number of hydrogen-bond donors (Lipinski definition) is 0. The molecule has 1 aliphatic heterocycles. The molecule has 0 bridgehead atoms. The second-order valence-electron chi connectivity index (χ2n) is 9.82.